The average molecular weight is 366 g/mol. The lowest BCUT2D eigenvalue weighted by Gasteiger charge is -2.51. The average Bonchev–Trinajstić information content (AvgIpc) is 3.16. The second-order valence-corrected chi connectivity index (χ2v) is 7.36. The molecule has 142 valence electrons. The molecule has 1 amide bonds. The van der Waals surface area contributed by atoms with Crippen molar-refractivity contribution < 1.29 is 14.6 Å². The standard InChI is InChI=1S/C22H26N2O3/c1-27-15-21(26)24-19(13-23)22(20(24)14-25)18-11-9-17(10-12-18)8-4-7-16-5-2-3-6-16/h9-12,16,19-20,22,25H,2-3,5-7,14-15H2,1H3/t19-,20+,22+/m1/s1. The van der Waals surface area contributed by atoms with Crippen molar-refractivity contribution in [2.75, 3.05) is 20.3 Å². The van der Waals surface area contributed by atoms with Gasteiger partial charge in [0, 0.05) is 25.0 Å². The lowest BCUT2D eigenvalue weighted by molar-refractivity contribution is -0.150. The Morgan fingerprint density at radius 2 is 2.00 bits per heavy atom. The molecule has 1 saturated heterocycles. The van der Waals surface area contributed by atoms with Crippen LogP contribution in [0.4, 0.5) is 0 Å². The van der Waals surface area contributed by atoms with Gasteiger partial charge >= 0.3 is 0 Å². The van der Waals surface area contributed by atoms with Crippen molar-refractivity contribution in [3.8, 4) is 17.9 Å². The van der Waals surface area contributed by atoms with E-state index in [1.165, 1.54) is 37.7 Å². The first kappa shape index (κ1) is 19.4. The van der Waals surface area contributed by atoms with Crippen molar-refractivity contribution in [2.24, 2.45) is 5.92 Å². The molecule has 2 aliphatic rings. The number of rotatable bonds is 5. The van der Waals surface area contributed by atoms with E-state index in [2.05, 4.69) is 17.9 Å². The highest BCUT2D eigenvalue weighted by Crippen LogP contribution is 2.40. The second-order valence-electron chi connectivity index (χ2n) is 7.36. The van der Waals surface area contributed by atoms with Crippen LogP contribution in [-0.2, 0) is 9.53 Å². The third-order valence-electron chi connectivity index (χ3n) is 5.68. The maximum absolute atomic E-state index is 12.1. The number of ether oxygens (including phenoxy) is 1. The van der Waals surface area contributed by atoms with E-state index in [9.17, 15) is 15.2 Å². The number of aliphatic hydroxyl groups excluding tert-OH is 1. The number of nitrogens with zero attached hydrogens (tertiary/aromatic N) is 2. The Balaban J connectivity index is 1.67. The number of likely N-dealkylation sites (tertiary alicyclic amines) is 1. The second kappa shape index (κ2) is 9.04. The van der Waals surface area contributed by atoms with Crippen LogP contribution in [0.5, 0.6) is 0 Å². The molecule has 1 aliphatic heterocycles. The minimum absolute atomic E-state index is 0.0864. The summed E-state index contributed by atoms with van der Waals surface area (Å²) in [6.07, 6.45) is 6.22. The maximum Gasteiger partial charge on any atom is 0.249 e. The fourth-order valence-corrected chi connectivity index (χ4v) is 4.25. The monoisotopic (exact) mass is 366 g/mol. The van der Waals surface area contributed by atoms with Gasteiger partial charge in [-0.3, -0.25) is 4.79 Å². The third-order valence-corrected chi connectivity index (χ3v) is 5.68. The van der Waals surface area contributed by atoms with E-state index in [-0.39, 0.29) is 25.0 Å². The van der Waals surface area contributed by atoms with E-state index in [4.69, 9.17) is 4.74 Å². The zero-order valence-electron chi connectivity index (χ0n) is 15.7. The number of nitriles is 1. The predicted molar refractivity (Wildman–Crippen MR) is 102 cm³/mol. The van der Waals surface area contributed by atoms with E-state index in [1.54, 1.807) is 0 Å². The first-order chi connectivity index (χ1) is 13.2. The van der Waals surface area contributed by atoms with Gasteiger partial charge in [0.1, 0.15) is 12.6 Å². The SMILES string of the molecule is COCC(=O)N1[C@H](C#N)[C@H](c2ccc(C#CCC3CCCC3)cc2)[C@@H]1CO. The first-order valence-electron chi connectivity index (χ1n) is 9.59. The molecule has 0 bridgehead atoms. The lowest BCUT2D eigenvalue weighted by atomic mass is 9.75. The molecule has 2 fully saturated rings. The van der Waals surface area contributed by atoms with Crippen molar-refractivity contribution in [1.82, 2.24) is 4.90 Å². The zero-order valence-corrected chi connectivity index (χ0v) is 15.7. The highest BCUT2D eigenvalue weighted by molar-refractivity contribution is 5.80. The van der Waals surface area contributed by atoms with E-state index >= 15 is 0 Å². The Morgan fingerprint density at radius 3 is 2.59 bits per heavy atom. The van der Waals surface area contributed by atoms with Crippen molar-refractivity contribution >= 4 is 5.91 Å². The summed E-state index contributed by atoms with van der Waals surface area (Å²) in [6, 6.07) is 9.05. The minimum atomic E-state index is -0.580. The molecule has 3 rings (SSSR count). The molecule has 5 heteroatoms. The molecule has 1 aliphatic carbocycles. The van der Waals surface area contributed by atoms with Crippen molar-refractivity contribution in [3.63, 3.8) is 0 Å². The molecule has 3 atom stereocenters. The minimum Gasteiger partial charge on any atom is -0.394 e. The van der Waals surface area contributed by atoms with Crippen LogP contribution in [0, 0.1) is 29.1 Å². The predicted octanol–water partition coefficient (Wildman–Crippen LogP) is 2.44. The molecule has 5 nitrogen and oxygen atoms in total. The van der Waals surface area contributed by atoms with Crippen LogP contribution in [0.3, 0.4) is 0 Å². The quantitative estimate of drug-likeness (QED) is 0.813. The molecular formula is C22H26N2O3. The molecule has 1 aromatic rings. The van der Waals surface area contributed by atoms with E-state index in [0.717, 1.165) is 23.5 Å². The largest absolute Gasteiger partial charge is 0.394 e. The Kier molecular flexibility index (Phi) is 6.50. The molecule has 0 radical (unpaired) electrons. The zero-order chi connectivity index (χ0) is 19.2. The summed E-state index contributed by atoms with van der Waals surface area (Å²) < 4.78 is 4.88. The van der Waals surface area contributed by atoms with Crippen LogP contribution in [0.1, 0.15) is 49.1 Å². The van der Waals surface area contributed by atoms with Gasteiger partial charge in [-0.25, -0.2) is 0 Å². The normalized spacial score (nSPS) is 24.6. The van der Waals surface area contributed by atoms with Gasteiger partial charge in [0.25, 0.3) is 0 Å². The summed E-state index contributed by atoms with van der Waals surface area (Å²) in [7, 11) is 1.44. The van der Waals surface area contributed by atoms with Crippen molar-refractivity contribution in [3.05, 3.63) is 35.4 Å². The Labute approximate surface area is 160 Å². The number of carbonyl (C=O) groups is 1. The molecule has 1 saturated carbocycles. The summed E-state index contributed by atoms with van der Waals surface area (Å²) >= 11 is 0. The van der Waals surface area contributed by atoms with Gasteiger partial charge in [0.05, 0.1) is 18.7 Å². The summed E-state index contributed by atoms with van der Waals surface area (Å²) in [5.74, 6) is 6.80. The van der Waals surface area contributed by atoms with Crippen molar-refractivity contribution in [1.29, 1.82) is 5.26 Å². The number of hydrogen-bond acceptors (Lipinski definition) is 4. The number of amides is 1. The summed E-state index contributed by atoms with van der Waals surface area (Å²) in [4.78, 5) is 13.6. The molecular weight excluding hydrogens is 340 g/mol. The molecule has 0 spiro atoms. The van der Waals surface area contributed by atoms with Crippen LogP contribution in [0.25, 0.3) is 0 Å². The van der Waals surface area contributed by atoms with Gasteiger partial charge < -0.3 is 14.7 Å². The van der Waals surface area contributed by atoms with Crippen LogP contribution < -0.4 is 0 Å². The van der Waals surface area contributed by atoms with Gasteiger partial charge in [-0.2, -0.15) is 5.26 Å². The Morgan fingerprint density at radius 1 is 1.30 bits per heavy atom. The molecule has 1 N–H and O–H groups in total. The molecule has 0 unspecified atom stereocenters. The van der Waals surface area contributed by atoms with Gasteiger partial charge in [-0.1, -0.05) is 36.8 Å². The van der Waals surface area contributed by atoms with Gasteiger partial charge in [-0.05, 0) is 36.5 Å². The van der Waals surface area contributed by atoms with E-state index < -0.39 is 12.1 Å². The van der Waals surface area contributed by atoms with Gasteiger partial charge in [0.2, 0.25) is 5.91 Å². The van der Waals surface area contributed by atoms with E-state index in [0.29, 0.717) is 0 Å². The van der Waals surface area contributed by atoms with E-state index in [1.807, 2.05) is 24.3 Å². The van der Waals surface area contributed by atoms with Crippen LogP contribution in [-0.4, -0.2) is 48.3 Å². The Hall–Kier alpha value is -2.34. The Bertz CT molecular complexity index is 750. The number of methoxy groups -OCH3 is 1. The van der Waals surface area contributed by atoms with Gasteiger partial charge in [0.15, 0.2) is 0 Å². The number of carbonyl (C=O) groups excluding carboxylic acids is 1. The number of benzene rings is 1. The van der Waals surface area contributed by atoms with Crippen LogP contribution in [0.15, 0.2) is 24.3 Å². The van der Waals surface area contributed by atoms with Crippen molar-refractivity contribution in [2.45, 2.75) is 50.1 Å². The molecule has 1 heterocycles. The summed E-state index contributed by atoms with van der Waals surface area (Å²) in [5.41, 5.74) is 1.90. The highest BCUT2D eigenvalue weighted by atomic mass is 16.5. The lowest BCUT2D eigenvalue weighted by Crippen LogP contribution is -2.65. The molecule has 27 heavy (non-hydrogen) atoms. The first-order valence-corrected chi connectivity index (χ1v) is 9.59. The fourth-order valence-electron chi connectivity index (χ4n) is 4.25. The fraction of sp³-hybridized carbons (Fsp3) is 0.545. The number of aliphatic hydroxyl groups is 1. The summed E-state index contributed by atoms with van der Waals surface area (Å²) in [5, 5.41) is 19.2. The smallest absolute Gasteiger partial charge is 0.249 e. The third kappa shape index (κ3) is 4.16. The topological polar surface area (TPSA) is 73.6 Å². The van der Waals surface area contributed by atoms with Gasteiger partial charge in [-0.15, -0.1) is 0 Å². The van der Waals surface area contributed by atoms with Crippen LogP contribution >= 0.6 is 0 Å². The van der Waals surface area contributed by atoms with Crippen LogP contribution in [0.2, 0.25) is 0 Å². The highest BCUT2D eigenvalue weighted by Gasteiger charge is 2.51. The molecule has 0 aromatic heterocycles. The molecule has 1 aromatic carbocycles. The summed E-state index contributed by atoms with van der Waals surface area (Å²) in [6.45, 7) is -0.266. The maximum atomic E-state index is 12.1. The number of hydrogen-bond donors (Lipinski definition) is 1.